The lowest BCUT2D eigenvalue weighted by atomic mass is 9.95. The Morgan fingerprint density at radius 3 is 2.69 bits per heavy atom. The van der Waals surface area contributed by atoms with Gasteiger partial charge in [-0.3, -0.25) is 14.7 Å². The van der Waals surface area contributed by atoms with Crippen molar-refractivity contribution in [2.24, 2.45) is 0 Å². The quantitative estimate of drug-likeness (QED) is 0.748. The number of carbonyl (C=O) groups excluding carboxylic acids is 1. The number of methoxy groups -OCH3 is 1. The Morgan fingerprint density at radius 1 is 1.10 bits per heavy atom. The highest BCUT2D eigenvalue weighted by Gasteiger charge is 2.26. The highest BCUT2D eigenvalue weighted by molar-refractivity contribution is 5.78. The molecule has 2 saturated heterocycles. The van der Waals surface area contributed by atoms with Crippen LogP contribution in [-0.4, -0.2) is 65.5 Å². The average molecular weight is 396 g/mol. The van der Waals surface area contributed by atoms with E-state index < -0.39 is 0 Å². The first-order valence-electron chi connectivity index (χ1n) is 10.4. The van der Waals surface area contributed by atoms with Gasteiger partial charge in [0.15, 0.2) is 11.5 Å². The molecular weight excluding hydrogens is 368 g/mol. The van der Waals surface area contributed by atoms with Crippen molar-refractivity contribution in [2.75, 3.05) is 39.8 Å². The molecule has 154 valence electrons. The number of benzene rings is 1. The summed E-state index contributed by atoms with van der Waals surface area (Å²) in [6, 6.07) is 7.49. The SMILES string of the molecule is COc1ccccc1Oc1cncc(C2CCCN(CC(=O)N3CCCC3)C2)n1. The third-order valence-electron chi connectivity index (χ3n) is 5.66. The predicted octanol–water partition coefficient (Wildman–Crippen LogP) is 3.08. The molecule has 7 nitrogen and oxygen atoms in total. The van der Waals surface area contributed by atoms with Gasteiger partial charge in [-0.2, -0.15) is 0 Å². The molecule has 0 aliphatic carbocycles. The highest BCUT2D eigenvalue weighted by atomic mass is 16.5. The molecule has 3 heterocycles. The number of aromatic nitrogens is 2. The van der Waals surface area contributed by atoms with Crippen LogP contribution >= 0.6 is 0 Å². The Morgan fingerprint density at radius 2 is 1.90 bits per heavy atom. The summed E-state index contributed by atoms with van der Waals surface area (Å²) >= 11 is 0. The van der Waals surface area contributed by atoms with E-state index in [1.807, 2.05) is 35.4 Å². The fourth-order valence-corrected chi connectivity index (χ4v) is 4.12. The molecule has 0 N–H and O–H groups in total. The number of likely N-dealkylation sites (tertiary alicyclic amines) is 2. The summed E-state index contributed by atoms with van der Waals surface area (Å²) in [6.07, 6.45) is 7.78. The second-order valence-electron chi connectivity index (χ2n) is 7.70. The number of hydrogen-bond donors (Lipinski definition) is 0. The van der Waals surface area contributed by atoms with Crippen molar-refractivity contribution in [3.63, 3.8) is 0 Å². The molecule has 0 saturated carbocycles. The van der Waals surface area contributed by atoms with Gasteiger partial charge < -0.3 is 14.4 Å². The van der Waals surface area contributed by atoms with Crippen LogP contribution in [-0.2, 0) is 4.79 Å². The number of rotatable bonds is 6. The summed E-state index contributed by atoms with van der Waals surface area (Å²) in [4.78, 5) is 25.8. The Balaban J connectivity index is 1.41. The Kier molecular flexibility index (Phi) is 6.24. The van der Waals surface area contributed by atoms with Crippen molar-refractivity contribution in [2.45, 2.75) is 31.6 Å². The predicted molar refractivity (Wildman–Crippen MR) is 109 cm³/mol. The molecule has 1 aromatic heterocycles. The third-order valence-corrected chi connectivity index (χ3v) is 5.66. The van der Waals surface area contributed by atoms with Crippen molar-refractivity contribution in [1.82, 2.24) is 19.8 Å². The van der Waals surface area contributed by atoms with Crippen LogP contribution in [0.15, 0.2) is 36.7 Å². The first-order valence-corrected chi connectivity index (χ1v) is 10.4. The second-order valence-corrected chi connectivity index (χ2v) is 7.70. The van der Waals surface area contributed by atoms with Crippen molar-refractivity contribution in [3.05, 3.63) is 42.4 Å². The van der Waals surface area contributed by atoms with E-state index in [2.05, 4.69) is 9.88 Å². The van der Waals surface area contributed by atoms with Crippen molar-refractivity contribution in [1.29, 1.82) is 0 Å². The van der Waals surface area contributed by atoms with Crippen LogP contribution in [0.5, 0.6) is 17.4 Å². The van der Waals surface area contributed by atoms with Crippen LogP contribution in [0, 0.1) is 0 Å². The largest absolute Gasteiger partial charge is 0.493 e. The lowest BCUT2D eigenvalue weighted by Crippen LogP contribution is -2.43. The lowest BCUT2D eigenvalue weighted by molar-refractivity contribution is -0.131. The summed E-state index contributed by atoms with van der Waals surface area (Å²) in [7, 11) is 1.62. The molecule has 1 unspecified atom stereocenters. The minimum atomic E-state index is 0.252. The maximum absolute atomic E-state index is 12.5. The monoisotopic (exact) mass is 396 g/mol. The van der Waals surface area contributed by atoms with E-state index in [1.165, 1.54) is 0 Å². The van der Waals surface area contributed by atoms with Crippen LogP contribution in [0.1, 0.15) is 37.3 Å². The fraction of sp³-hybridized carbons (Fsp3) is 0.500. The Hall–Kier alpha value is -2.67. The first-order chi connectivity index (χ1) is 14.2. The van der Waals surface area contributed by atoms with E-state index in [0.717, 1.165) is 57.6 Å². The van der Waals surface area contributed by atoms with Crippen LogP contribution in [0.25, 0.3) is 0 Å². The number of ether oxygens (including phenoxy) is 2. The molecule has 2 aromatic rings. The van der Waals surface area contributed by atoms with Gasteiger partial charge in [0.25, 0.3) is 0 Å². The van der Waals surface area contributed by atoms with Crippen LogP contribution in [0.3, 0.4) is 0 Å². The van der Waals surface area contributed by atoms with Gasteiger partial charge >= 0.3 is 0 Å². The molecule has 1 amide bonds. The van der Waals surface area contributed by atoms with Gasteiger partial charge in [-0.25, -0.2) is 4.98 Å². The molecule has 1 aromatic carbocycles. The number of nitrogens with zero attached hydrogens (tertiary/aromatic N) is 4. The van der Waals surface area contributed by atoms with Crippen LogP contribution < -0.4 is 9.47 Å². The van der Waals surface area contributed by atoms with Crippen molar-refractivity contribution < 1.29 is 14.3 Å². The second kappa shape index (κ2) is 9.22. The smallest absolute Gasteiger partial charge is 0.238 e. The Bertz CT molecular complexity index is 838. The standard InChI is InChI=1S/C22H28N4O3/c1-28-19-8-2-3-9-20(19)29-21-14-23-13-18(24-21)17-7-6-10-25(15-17)16-22(27)26-11-4-5-12-26/h2-3,8-9,13-14,17H,4-7,10-12,15-16H2,1H3. The molecule has 2 fully saturated rings. The number of carbonyl (C=O) groups is 1. The lowest BCUT2D eigenvalue weighted by Gasteiger charge is -2.32. The van der Waals surface area contributed by atoms with Gasteiger partial charge in [0.05, 0.1) is 25.5 Å². The first kappa shape index (κ1) is 19.6. The molecule has 7 heteroatoms. The van der Waals surface area contributed by atoms with E-state index in [4.69, 9.17) is 14.5 Å². The van der Waals surface area contributed by atoms with E-state index in [-0.39, 0.29) is 11.8 Å². The number of hydrogen-bond acceptors (Lipinski definition) is 6. The van der Waals surface area contributed by atoms with Crippen molar-refractivity contribution in [3.8, 4) is 17.4 Å². The molecule has 29 heavy (non-hydrogen) atoms. The van der Waals surface area contributed by atoms with Gasteiger partial charge in [-0.15, -0.1) is 0 Å². The van der Waals surface area contributed by atoms with Gasteiger partial charge in [0, 0.05) is 31.7 Å². The summed E-state index contributed by atoms with van der Waals surface area (Å²) in [6.45, 7) is 4.10. The average Bonchev–Trinajstić information content (AvgIpc) is 3.30. The topological polar surface area (TPSA) is 67.8 Å². The fourth-order valence-electron chi connectivity index (χ4n) is 4.12. The molecule has 2 aliphatic rings. The van der Waals surface area contributed by atoms with Crippen molar-refractivity contribution >= 4 is 5.91 Å². The number of para-hydroxylation sites is 2. The number of piperidine rings is 1. The molecule has 0 spiro atoms. The molecule has 2 aliphatic heterocycles. The maximum atomic E-state index is 12.5. The van der Waals surface area contributed by atoms with Crippen LogP contribution in [0.2, 0.25) is 0 Å². The van der Waals surface area contributed by atoms with Gasteiger partial charge in [0.2, 0.25) is 11.8 Å². The minimum Gasteiger partial charge on any atom is -0.493 e. The maximum Gasteiger partial charge on any atom is 0.238 e. The summed E-state index contributed by atoms with van der Waals surface area (Å²) in [5, 5.41) is 0. The van der Waals surface area contributed by atoms with Gasteiger partial charge in [-0.1, -0.05) is 12.1 Å². The molecule has 0 radical (unpaired) electrons. The molecular formula is C22H28N4O3. The van der Waals surface area contributed by atoms with E-state index >= 15 is 0 Å². The zero-order chi connectivity index (χ0) is 20.1. The van der Waals surface area contributed by atoms with Gasteiger partial charge in [-0.05, 0) is 44.4 Å². The minimum absolute atomic E-state index is 0.252. The van der Waals surface area contributed by atoms with Gasteiger partial charge in [0.1, 0.15) is 0 Å². The molecule has 0 bridgehead atoms. The zero-order valence-electron chi connectivity index (χ0n) is 16.9. The number of amides is 1. The van der Waals surface area contributed by atoms with E-state index in [0.29, 0.717) is 23.9 Å². The Labute approximate surface area is 171 Å². The summed E-state index contributed by atoms with van der Waals surface area (Å²) in [5.74, 6) is 2.23. The normalized spacial score (nSPS) is 19.9. The molecule has 4 rings (SSSR count). The zero-order valence-corrected chi connectivity index (χ0v) is 16.9. The van der Waals surface area contributed by atoms with E-state index in [1.54, 1.807) is 13.3 Å². The third kappa shape index (κ3) is 4.85. The van der Waals surface area contributed by atoms with Crippen LogP contribution in [0.4, 0.5) is 0 Å². The highest BCUT2D eigenvalue weighted by Crippen LogP contribution is 2.31. The summed E-state index contributed by atoms with van der Waals surface area (Å²) < 4.78 is 11.3. The summed E-state index contributed by atoms with van der Waals surface area (Å²) in [5.41, 5.74) is 0.913. The van der Waals surface area contributed by atoms with E-state index in [9.17, 15) is 4.79 Å². The molecule has 1 atom stereocenters.